The minimum Gasteiger partial charge on any atom is -0.364 e. The number of nitrogens with zero attached hydrogens (tertiary/aromatic N) is 4. The van der Waals surface area contributed by atoms with Gasteiger partial charge in [-0.3, -0.25) is 10.1 Å². The summed E-state index contributed by atoms with van der Waals surface area (Å²) >= 11 is 7.38. The molecule has 0 spiro atoms. The number of halogens is 1. The van der Waals surface area contributed by atoms with Gasteiger partial charge in [-0.2, -0.15) is 0 Å². The third-order valence-corrected chi connectivity index (χ3v) is 4.59. The van der Waals surface area contributed by atoms with Crippen molar-refractivity contribution in [2.75, 3.05) is 11.9 Å². The van der Waals surface area contributed by atoms with Gasteiger partial charge in [0.1, 0.15) is 6.33 Å². The van der Waals surface area contributed by atoms with Crippen LogP contribution in [0.1, 0.15) is 10.6 Å². The normalized spacial score (nSPS) is 10.6. The Labute approximate surface area is 152 Å². The quantitative estimate of drug-likeness (QED) is 0.395. The molecule has 3 aromatic rings. The number of aromatic nitrogens is 3. The molecule has 0 atom stereocenters. The summed E-state index contributed by atoms with van der Waals surface area (Å²) in [7, 11) is 0. The fraction of sp³-hybridized carbons (Fsp3) is 0.188. The lowest BCUT2D eigenvalue weighted by Crippen LogP contribution is -2.09. The van der Waals surface area contributed by atoms with Crippen LogP contribution in [-0.2, 0) is 6.42 Å². The summed E-state index contributed by atoms with van der Waals surface area (Å²) in [5.41, 5.74) is 2.84. The molecule has 1 N–H and O–H groups in total. The van der Waals surface area contributed by atoms with Gasteiger partial charge >= 0.3 is 5.69 Å². The van der Waals surface area contributed by atoms with Crippen LogP contribution >= 0.6 is 22.9 Å². The SMILES string of the molecule is Cc1nc(-c2ccc(CCNc3ncnc(Cl)c3[N+](=O)[O-])cc2)cs1. The van der Waals surface area contributed by atoms with Gasteiger partial charge in [0.2, 0.25) is 11.0 Å². The maximum Gasteiger partial charge on any atom is 0.348 e. The van der Waals surface area contributed by atoms with Crippen LogP contribution < -0.4 is 5.32 Å². The van der Waals surface area contributed by atoms with Gasteiger partial charge in [-0.05, 0) is 18.9 Å². The largest absolute Gasteiger partial charge is 0.364 e. The molecule has 0 aliphatic rings. The third-order valence-electron chi connectivity index (χ3n) is 3.54. The molecular weight excluding hydrogens is 362 g/mol. The van der Waals surface area contributed by atoms with Crippen LogP contribution in [0.15, 0.2) is 36.0 Å². The van der Waals surface area contributed by atoms with Crippen molar-refractivity contribution in [3.8, 4) is 11.3 Å². The van der Waals surface area contributed by atoms with Gasteiger partial charge in [0.15, 0.2) is 0 Å². The monoisotopic (exact) mass is 375 g/mol. The first-order chi connectivity index (χ1) is 12.0. The number of aryl methyl sites for hydroxylation is 1. The first kappa shape index (κ1) is 17.2. The Hall–Kier alpha value is -2.58. The number of benzene rings is 1. The number of nitro groups is 1. The highest BCUT2D eigenvalue weighted by atomic mass is 35.5. The molecule has 0 radical (unpaired) electrons. The summed E-state index contributed by atoms with van der Waals surface area (Å²) in [6.07, 6.45) is 1.89. The molecule has 7 nitrogen and oxygen atoms in total. The number of nitrogens with one attached hydrogen (secondary N) is 1. The number of anilines is 1. The Morgan fingerprint density at radius 3 is 2.68 bits per heavy atom. The Morgan fingerprint density at radius 2 is 2.04 bits per heavy atom. The van der Waals surface area contributed by atoms with Gasteiger partial charge in [0.05, 0.1) is 15.6 Å². The first-order valence-corrected chi connectivity index (χ1v) is 8.70. The summed E-state index contributed by atoms with van der Waals surface area (Å²) in [5, 5.41) is 16.9. The molecule has 0 amide bonds. The van der Waals surface area contributed by atoms with Gasteiger partial charge in [0.25, 0.3) is 0 Å². The van der Waals surface area contributed by atoms with E-state index < -0.39 is 4.92 Å². The van der Waals surface area contributed by atoms with Gasteiger partial charge in [0, 0.05) is 17.5 Å². The van der Waals surface area contributed by atoms with Crippen molar-refractivity contribution in [3.63, 3.8) is 0 Å². The highest BCUT2D eigenvalue weighted by Crippen LogP contribution is 2.28. The van der Waals surface area contributed by atoms with Crippen LogP contribution in [0.25, 0.3) is 11.3 Å². The Kier molecular flexibility index (Phi) is 5.20. The van der Waals surface area contributed by atoms with Gasteiger partial charge in [-0.15, -0.1) is 11.3 Å². The topological polar surface area (TPSA) is 93.8 Å². The lowest BCUT2D eigenvalue weighted by Gasteiger charge is -2.07. The van der Waals surface area contributed by atoms with Crippen molar-refractivity contribution >= 4 is 34.4 Å². The zero-order chi connectivity index (χ0) is 17.8. The second kappa shape index (κ2) is 7.54. The molecular formula is C16H14ClN5O2S. The fourth-order valence-electron chi connectivity index (χ4n) is 2.31. The Bertz CT molecular complexity index is 898. The van der Waals surface area contributed by atoms with Crippen molar-refractivity contribution in [1.29, 1.82) is 0 Å². The highest BCUT2D eigenvalue weighted by molar-refractivity contribution is 7.09. The fourth-order valence-corrected chi connectivity index (χ4v) is 3.14. The van der Waals surface area contributed by atoms with E-state index in [0.717, 1.165) is 21.8 Å². The van der Waals surface area contributed by atoms with E-state index in [2.05, 4.69) is 20.3 Å². The van der Waals surface area contributed by atoms with Gasteiger partial charge < -0.3 is 5.32 Å². The maximum absolute atomic E-state index is 11.0. The number of thiazole rings is 1. The molecule has 3 rings (SSSR count). The molecule has 25 heavy (non-hydrogen) atoms. The van der Waals surface area contributed by atoms with Gasteiger partial charge in [-0.25, -0.2) is 15.0 Å². The van der Waals surface area contributed by atoms with E-state index in [4.69, 9.17) is 11.6 Å². The standard InChI is InChI=1S/C16H14ClN5O2S/c1-10-21-13(8-25-10)12-4-2-11(3-5-12)6-7-18-16-14(22(23)24)15(17)19-9-20-16/h2-5,8-9H,6-7H2,1H3,(H,18,19,20). The van der Waals surface area contributed by atoms with Crippen molar-refractivity contribution in [3.05, 3.63) is 61.8 Å². The molecule has 1 aromatic carbocycles. The first-order valence-electron chi connectivity index (χ1n) is 7.45. The van der Waals surface area contributed by atoms with Crippen LogP contribution in [0, 0.1) is 17.0 Å². The number of hydrogen-bond donors (Lipinski definition) is 1. The molecule has 0 saturated carbocycles. The van der Waals surface area contributed by atoms with Crippen molar-refractivity contribution in [1.82, 2.24) is 15.0 Å². The van der Waals surface area contributed by atoms with E-state index in [-0.39, 0.29) is 16.7 Å². The molecule has 0 bridgehead atoms. The van der Waals surface area contributed by atoms with Crippen molar-refractivity contribution in [2.24, 2.45) is 0 Å². The summed E-state index contributed by atoms with van der Waals surface area (Å²) in [6, 6.07) is 8.09. The zero-order valence-corrected chi connectivity index (χ0v) is 14.8. The lowest BCUT2D eigenvalue weighted by atomic mass is 10.1. The molecule has 2 aromatic heterocycles. The van der Waals surface area contributed by atoms with Crippen molar-refractivity contribution < 1.29 is 4.92 Å². The van der Waals surface area contributed by atoms with E-state index in [0.29, 0.717) is 13.0 Å². The molecule has 128 valence electrons. The molecule has 0 aliphatic carbocycles. The Balaban J connectivity index is 1.63. The average molecular weight is 376 g/mol. The summed E-state index contributed by atoms with van der Waals surface area (Å²) in [4.78, 5) is 22.4. The molecule has 9 heteroatoms. The van der Waals surface area contributed by atoms with E-state index in [1.54, 1.807) is 11.3 Å². The smallest absolute Gasteiger partial charge is 0.348 e. The molecule has 0 aliphatic heterocycles. The third kappa shape index (κ3) is 4.09. The molecule has 0 fully saturated rings. The average Bonchev–Trinajstić information content (AvgIpc) is 3.02. The summed E-state index contributed by atoms with van der Waals surface area (Å²) in [5.74, 6) is 0.125. The summed E-state index contributed by atoms with van der Waals surface area (Å²) in [6.45, 7) is 2.47. The van der Waals surface area contributed by atoms with E-state index in [1.165, 1.54) is 6.33 Å². The molecule has 0 saturated heterocycles. The van der Waals surface area contributed by atoms with Crippen LogP contribution in [0.3, 0.4) is 0 Å². The highest BCUT2D eigenvalue weighted by Gasteiger charge is 2.20. The molecule has 2 heterocycles. The van der Waals surface area contributed by atoms with Gasteiger partial charge in [-0.1, -0.05) is 35.9 Å². The van der Waals surface area contributed by atoms with Crippen LogP contribution in [0.4, 0.5) is 11.5 Å². The number of rotatable bonds is 6. The van der Waals surface area contributed by atoms with Crippen molar-refractivity contribution in [2.45, 2.75) is 13.3 Å². The predicted octanol–water partition coefficient (Wildman–Crippen LogP) is 4.12. The number of hydrogen-bond acceptors (Lipinski definition) is 7. The predicted molar refractivity (Wildman–Crippen MR) is 98.2 cm³/mol. The molecule has 0 unspecified atom stereocenters. The zero-order valence-electron chi connectivity index (χ0n) is 13.3. The van der Waals surface area contributed by atoms with E-state index in [9.17, 15) is 10.1 Å². The minimum atomic E-state index is -0.588. The Morgan fingerprint density at radius 1 is 1.28 bits per heavy atom. The second-order valence-corrected chi connectivity index (χ2v) is 6.66. The summed E-state index contributed by atoms with van der Waals surface area (Å²) < 4.78 is 0. The lowest BCUT2D eigenvalue weighted by molar-refractivity contribution is -0.384. The van der Waals surface area contributed by atoms with Crippen LogP contribution in [0.5, 0.6) is 0 Å². The van der Waals surface area contributed by atoms with Crippen LogP contribution in [-0.4, -0.2) is 26.4 Å². The minimum absolute atomic E-state index is 0.125. The second-order valence-electron chi connectivity index (χ2n) is 5.24. The van der Waals surface area contributed by atoms with E-state index in [1.807, 2.05) is 36.6 Å². The van der Waals surface area contributed by atoms with Crippen LogP contribution in [0.2, 0.25) is 5.15 Å². The van der Waals surface area contributed by atoms with E-state index >= 15 is 0 Å². The maximum atomic E-state index is 11.0.